The normalized spacial score (nSPS) is 18.5. The average molecular weight is 532 g/mol. The molecule has 2 saturated heterocycles. The van der Waals surface area contributed by atoms with Crippen molar-refractivity contribution in [1.82, 2.24) is 14.7 Å². The minimum Gasteiger partial charge on any atom is -0.444 e. The summed E-state index contributed by atoms with van der Waals surface area (Å²) in [5.74, 6) is -0.649. The number of ether oxygens (including phenoxy) is 1. The second-order valence-corrected chi connectivity index (χ2v) is 11.1. The van der Waals surface area contributed by atoms with Crippen LogP contribution in [-0.2, 0) is 27.0 Å². The number of aryl methyl sites for hydroxylation is 1. The summed E-state index contributed by atoms with van der Waals surface area (Å²) in [5, 5.41) is 0. The molecule has 0 N–H and O–H groups in total. The molecule has 2 fully saturated rings. The van der Waals surface area contributed by atoms with Crippen molar-refractivity contribution in [1.29, 1.82) is 0 Å². The van der Waals surface area contributed by atoms with E-state index in [0.717, 1.165) is 23.3 Å². The fourth-order valence-corrected chi connectivity index (χ4v) is 4.83. The van der Waals surface area contributed by atoms with Crippen molar-refractivity contribution in [3.63, 3.8) is 0 Å². The van der Waals surface area contributed by atoms with Gasteiger partial charge in [-0.15, -0.1) is 0 Å². The van der Waals surface area contributed by atoms with Gasteiger partial charge in [0.1, 0.15) is 12.1 Å². The molecular formula is C28H32F3N3O4. The number of amides is 3. The number of carbonyl (C=O) groups excluding carboxylic acids is 3. The third kappa shape index (κ3) is 5.35. The van der Waals surface area contributed by atoms with Crippen LogP contribution in [0.2, 0.25) is 0 Å². The molecule has 1 unspecified atom stereocenters. The molecule has 1 atom stereocenters. The van der Waals surface area contributed by atoms with Crippen LogP contribution >= 0.6 is 0 Å². The van der Waals surface area contributed by atoms with Crippen LogP contribution in [0, 0.1) is 6.92 Å². The van der Waals surface area contributed by atoms with Crippen LogP contribution in [0.5, 0.6) is 0 Å². The Labute approximate surface area is 220 Å². The number of piperazine rings is 1. The van der Waals surface area contributed by atoms with E-state index in [1.165, 1.54) is 26.8 Å². The van der Waals surface area contributed by atoms with E-state index in [-0.39, 0.29) is 38.0 Å². The van der Waals surface area contributed by atoms with Crippen LogP contribution in [0.3, 0.4) is 0 Å². The van der Waals surface area contributed by atoms with Crippen LogP contribution in [0.15, 0.2) is 48.5 Å². The molecule has 204 valence electrons. The average Bonchev–Trinajstić information content (AvgIpc) is 2.79. The third-order valence-electron chi connectivity index (χ3n) is 6.99. The van der Waals surface area contributed by atoms with Crippen molar-refractivity contribution in [2.24, 2.45) is 0 Å². The quantitative estimate of drug-likeness (QED) is 0.561. The smallest absolute Gasteiger partial charge is 0.416 e. The summed E-state index contributed by atoms with van der Waals surface area (Å²) in [6.45, 7) is 8.64. The van der Waals surface area contributed by atoms with Crippen molar-refractivity contribution in [2.45, 2.75) is 64.5 Å². The van der Waals surface area contributed by atoms with Gasteiger partial charge in [-0.25, -0.2) is 4.79 Å². The van der Waals surface area contributed by atoms with Gasteiger partial charge in [0.2, 0.25) is 5.91 Å². The van der Waals surface area contributed by atoms with Gasteiger partial charge in [0.15, 0.2) is 5.54 Å². The molecule has 2 aromatic carbocycles. The molecule has 2 heterocycles. The highest BCUT2D eigenvalue weighted by Crippen LogP contribution is 2.39. The topological polar surface area (TPSA) is 70.2 Å². The van der Waals surface area contributed by atoms with Gasteiger partial charge in [-0.05, 0) is 57.9 Å². The summed E-state index contributed by atoms with van der Waals surface area (Å²) in [5.41, 5.74) is -0.491. The summed E-state index contributed by atoms with van der Waals surface area (Å²) in [4.78, 5) is 44.5. The summed E-state index contributed by atoms with van der Waals surface area (Å²) in [6.07, 6.45) is -5.08. The van der Waals surface area contributed by atoms with E-state index >= 15 is 0 Å². The Bertz CT molecular complexity index is 1210. The van der Waals surface area contributed by atoms with Crippen LogP contribution in [0.1, 0.15) is 56.0 Å². The van der Waals surface area contributed by atoms with E-state index in [2.05, 4.69) is 0 Å². The van der Waals surface area contributed by atoms with E-state index in [1.54, 1.807) is 20.8 Å². The number of benzene rings is 2. The molecule has 10 heteroatoms. The van der Waals surface area contributed by atoms with Gasteiger partial charge in [0, 0.05) is 6.54 Å². The number of hydrogen-bond donors (Lipinski definition) is 0. The summed E-state index contributed by atoms with van der Waals surface area (Å²) in [7, 11) is 0. The second-order valence-electron chi connectivity index (χ2n) is 11.1. The lowest BCUT2D eigenvalue weighted by molar-refractivity contribution is -0.180. The molecule has 0 radical (unpaired) electrons. The van der Waals surface area contributed by atoms with Gasteiger partial charge in [-0.3, -0.25) is 9.59 Å². The van der Waals surface area contributed by atoms with Crippen molar-refractivity contribution in [2.75, 3.05) is 19.6 Å². The first-order valence-electron chi connectivity index (χ1n) is 12.4. The number of alkyl halides is 3. The molecule has 1 spiro atoms. The van der Waals surface area contributed by atoms with E-state index in [4.69, 9.17) is 4.74 Å². The van der Waals surface area contributed by atoms with Gasteiger partial charge >= 0.3 is 12.3 Å². The lowest BCUT2D eigenvalue weighted by Gasteiger charge is -2.58. The minimum atomic E-state index is -4.48. The van der Waals surface area contributed by atoms with Crippen molar-refractivity contribution >= 4 is 17.9 Å². The summed E-state index contributed by atoms with van der Waals surface area (Å²) < 4.78 is 44.5. The first-order valence-corrected chi connectivity index (χ1v) is 12.4. The zero-order chi connectivity index (χ0) is 28.0. The fourth-order valence-electron chi connectivity index (χ4n) is 4.83. The first-order chi connectivity index (χ1) is 17.6. The molecule has 0 bridgehead atoms. The number of hydrogen-bond acceptors (Lipinski definition) is 4. The van der Waals surface area contributed by atoms with Crippen molar-refractivity contribution < 1.29 is 32.3 Å². The highest BCUT2D eigenvalue weighted by Gasteiger charge is 2.61. The maximum atomic E-state index is 14.0. The molecule has 0 aromatic heterocycles. The molecular weight excluding hydrogens is 499 g/mol. The van der Waals surface area contributed by atoms with Crippen LogP contribution < -0.4 is 0 Å². The zero-order valence-corrected chi connectivity index (χ0v) is 22.1. The molecule has 3 amide bonds. The standard InChI is InChI=1S/C28H32F3N3O4/c1-18-6-10-21(11-7-18)19(2)33-15-23(35)34(14-20-8-12-22(13-9-20)28(29,30)31)27(24(33)36)16-32(17-27)25(37)38-26(3,4)5/h6-13,19H,14-17H2,1-5H3. The number of likely N-dealkylation sites (tertiary alicyclic amines) is 1. The van der Waals surface area contributed by atoms with Gasteiger partial charge in [-0.1, -0.05) is 42.0 Å². The van der Waals surface area contributed by atoms with Crippen molar-refractivity contribution in [3.05, 3.63) is 70.8 Å². The molecule has 0 aliphatic carbocycles. The molecule has 2 aliphatic heterocycles. The highest BCUT2D eigenvalue weighted by molar-refractivity contribution is 6.00. The number of nitrogens with zero attached hydrogens (tertiary/aromatic N) is 3. The lowest BCUT2D eigenvalue weighted by Crippen LogP contribution is -2.81. The molecule has 0 saturated carbocycles. The SMILES string of the molecule is Cc1ccc(C(C)N2CC(=O)N(Cc3ccc(C(F)(F)F)cc3)C3(CN(C(=O)OC(C)(C)C)C3)C2=O)cc1. The molecule has 38 heavy (non-hydrogen) atoms. The van der Waals surface area contributed by atoms with E-state index < -0.39 is 35.0 Å². The van der Waals surface area contributed by atoms with Crippen molar-refractivity contribution in [3.8, 4) is 0 Å². The second kappa shape index (κ2) is 9.63. The highest BCUT2D eigenvalue weighted by atomic mass is 19.4. The Hall–Kier alpha value is -3.56. The summed E-state index contributed by atoms with van der Waals surface area (Å²) >= 11 is 0. The lowest BCUT2D eigenvalue weighted by atomic mass is 9.82. The number of halogens is 3. The van der Waals surface area contributed by atoms with Gasteiger partial charge in [0.25, 0.3) is 5.91 Å². The molecule has 2 aromatic rings. The Morgan fingerprint density at radius 1 is 1.00 bits per heavy atom. The Morgan fingerprint density at radius 3 is 2.11 bits per heavy atom. The minimum absolute atomic E-state index is 0.0579. The monoisotopic (exact) mass is 531 g/mol. The van der Waals surface area contributed by atoms with E-state index in [1.807, 2.05) is 38.1 Å². The number of carbonyl (C=O) groups is 3. The maximum Gasteiger partial charge on any atom is 0.416 e. The van der Waals surface area contributed by atoms with Gasteiger partial charge in [0.05, 0.1) is 24.7 Å². The zero-order valence-electron chi connectivity index (χ0n) is 22.1. The van der Waals surface area contributed by atoms with Crippen LogP contribution in [0.4, 0.5) is 18.0 Å². The van der Waals surface area contributed by atoms with Gasteiger partial charge < -0.3 is 19.4 Å². The van der Waals surface area contributed by atoms with Crippen LogP contribution in [0.25, 0.3) is 0 Å². The number of rotatable bonds is 4. The van der Waals surface area contributed by atoms with E-state index in [0.29, 0.717) is 5.56 Å². The Balaban J connectivity index is 1.63. The predicted molar refractivity (Wildman–Crippen MR) is 134 cm³/mol. The molecule has 7 nitrogen and oxygen atoms in total. The van der Waals surface area contributed by atoms with E-state index in [9.17, 15) is 27.6 Å². The Kier molecular flexibility index (Phi) is 6.96. The maximum absolute atomic E-state index is 14.0. The van der Waals surface area contributed by atoms with Crippen LogP contribution in [-0.4, -0.2) is 63.4 Å². The Morgan fingerprint density at radius 2 is 1.58 bits per heavy atom. The molecule has 4 rings (SSSR count). The third-order valence-corrected chi connectivity index (χ3v) is 6.99. The molecule has 2 aliphatic rings. The fraction of sp³-hybridized carbons (Fsp3) is 0.464. The summed E-state index contributed by atoms with van der Waals surface area (Å²) in [6, 6.07) is 11.8. The first kappa shape index (κ1) is 27.5. The predicted octanol–water partition coefficient (Wildman–Crippen LogP) is 4.94. The largest absolute Gasteiger partial charge is 0.444 e. The van der Waals surface area contributed by atoms with Gasteiger partial charge in [-0.2, -0.15) is 13.2 Å².